The molecule has 0 fully saturated rings. The van der Waals surface area contributed by atoms with E-state index in [4.69, 9.17) is 18.0 Å². The van der Waals surface area contributed by atoms with Crippen molar-refractivity contribution >= 4 is 34.7 Å². The highest BCUT2D eigenvalue weighted by Gasteiger charge is 2.33. The molecule has 16 heavy (non-hydrogen) atoms. The number of thiocarbonyl (C=S) groups is 1. The van der Waals surface area contributed by atoms with E-state index in [1.807, 2.05) is 0 Å². The van der Waals surface area contributed by atoms with E-state index in [1.54, 1.807) is 0 Å². The summed E-state index contributed by atoms with van der Waals surface area (Å²) in [5.41, 5.74) is 11.2. The van der Waals surface area contributed by atoms with Crippen LogP contribution in [0.2, 0.25) is 0 Å². The predicted molar refractivity (Wildman–Crippen MR) is 74.7 cm³/mol. The van der Waals surface area contributed by atoms with Crippen molar-refractivity contribution in [3.8, 4) is 0 Å². The lowest BCUT2D eigenvalue weighted by Gasteiger charge is -2.27. The second-order valence-corrected chi connectivity index (χ2v) is 5.79. The van der Waals surface area contributed by atoms with E-state index in [9.17, 15) is 0 Å². The van der Waals surface area contributed by atoms with Crippen LogP contribution >= 0.6 is 24.8 Å². The lowest BCUT2D eigenvalue weighted by molar-refractivity contribution is 0.514. The van der Waals surface area contributed by atoms with E-state index >= 15 is 0 Å². The van der Waals surface area contributed by atoms with Crippen molar-refractivity contribution in [2.24, 2.45) is 5.73 Å². The largest absolute Gasteiger partial charge is 0.384 e. The fraction of sp³-hybridized carbons (Fsp3) is 0.417. The van der Waals surface area contributed by atoms with Crippen LogP contribution in [0.25, 0.3) is 0 Å². The number of nitrogens with one attached hydrogen (secondary N) is 1. The second-order valence-electron chi connectivity index (χ2n) is 4.64. The van der Waals surface area contributed by atoms with E-state index in [2.05, 4.69) is 30.1 Å². The van der Waals surface area contributed by atoms with Crippen LogP contribution in [-0.4, -0.2) is 16.8 Å². The molecule has 1 aromatic carbocycles. The Hall–Kier alpha value is -0.580. The Bertz CT molecular complexity index is 470. The molecule has 2 atom stereocenters. The average molecular weight is 250 g/mol. The normalized spacial score (nSPS) is 26.1. The SMILES string of the molecule is NC1Cc2c(C(=S)S)ccc3c2C(CN3)C1. The van der Waals surface area contributed by atoms with Gasteiger partial charge < -0.3 is 11.1 Å². The number of hydrogen-bond donors (Lipinski definition) is 3. The lowest BCUT2D eigenvalue weighted by Crippen LogP contribution is -2.31. The maximum absolute atomic E-state index is 6.11. The van der Waals surface area contributed by atoms with Crippen LogP contribution in [0.4, 0.5) is 5.69 Å². The van der Waals surface area contributed by atoms with Crippen molar-refractivity contribution in [1.29, 1.82) is 0 Å². The fourth-order valence-electron chi connectivity index (χ4n) is 2.95. The Morgan fingerprint density at radius 2 is 2.31 bits per heavy atom. The van der Waals surface area contributed by atoms with E-state index in [0.29, 0.717) is 10.1 Å². The molecular formula is C12H14N2S2. The monoisotopic (exact) mass is 250 g/mol. The summed E-state index contributed by atoms with van der Waals surface area (Å²) in [5, 5.41) is 3.44. The average Bonchev–Trinajstić information content (AvgIpc) is 2.62. The maximum atomic E-state index is 6.11. The minimum Gasteiger partial charge on any atom is -0.384 e. The summed E-state index contributed by atoms with van der Waals surface area (Å²) in [4.78, 5) is 0. The summed E-state index contributed by atoms with van der Waals surface area (Å²) in [6, 6.07) is 4.44. The van der Waals surface area contributed by atoms with Gasteiger partial charge in [-0.25, -0.2) is 0 Å². The zero-order valence-corrected chi connectivity index (χ0v) is 10.6. The first-order valence-corrected chi connectivity index (χ1v) is 6.41. The van der Waals surface area contributed by atoms with Crippen molar-refractivity contribution < 1.29 is 0 Å². The predicted octanol–water partition coefficient (Wildman–Crippen LogP) is 2.07. The Balaban J connectivity index is 2.21. The van der Waals surface area contributed by atoms with E-state index in [-0.39, 0.29) is 6.04 Å². The summed E-state index contributed by atoms with van der Waals surface area (Å²) < 4.78 is 0.678. The van der Waals surface area contributed by atoms with E-state index in [0.717, 1.165) is 24.9 Å². The van der Waals surface area contributed by atoms with Gasteiger partial charge in [0.25, 0.3) is 0 Å². The molecule has 0 bridgehead atoms. The van der Waals surface area contributed by atoms with Crippen LogP contribution in [-0.2, 0) is 6.42 Å². The molecule has 2 aliphatic rings. The van der Waals surface area contributed by atoms with Gasteiger partial charge in [-0.3, -0.25) is 0 Å². The molecule has 84 valence electrons. The summed E-state index contributed by atoms with van der Waals surface area (Å²) >= 11 is 9.50. The standard InChI is InChI=1S/C12H14N2S2/c13-7-3-6-5-14-10-2-1-8(12(15)16)9(4-7)11(6)10/h1-2,6-7,14H,3-5,13H2,(H,15,16). The molecule has 3 rings (SSSR count). The van der Waals surface area contributed by atoms with Crippen LogP contribution in [0.5, 0.6) is 0 Å². The smallest absolute Gasteiger partial charge is 0.0750 e. The van der Waals surface area contributed by atoms with Gasteiger partial charge in [-0.05, 0) is 30.0 Å². The minimum absolute atomic E-state index is 0.258. The topological polar surface area (TPSA) is 38.0 Å². The van der Waals surface area contributed by atoms with Gasteiger partial charge in [-0.1, -0.05) is 18.3 Å². The highest BCUT2D eigenvalue weighted by molar-refractivity contribution is 8.11. The molecule has 2 unspecified atom stereocenters. The molecule has 1 aliphatic heterocycles. The van der Waals surface area contributed by atoms with E-state index in [1.165, 1.54) is 16.8 Å². The molecule has 4 heteroatoms. The molecule has 0 aromatic heterocycles. The van der Waals surface area contributed by atoms with Crippen molar-refractivity contribution in [3.05, 3.63) is 28.8 Å². The molecule has 0 amide bonds. The zero-order valence-electron chi connectivity index (χ0n) is 8.86. The van der Waals surface area contributed by atoms with Gasteiger partial charge in [-0.2, -0.15) is 0 Å². The molecule has 0 radical (unpaired) electrons. The molecule has 0 saturated heterocycles. The molecule has 2 nitrogen and oxygen atoms in total. The van der Waals surface area contributed by atoms with Gasteiger partial charge in [-0.15, -0.1) is 12.6 Å². The molecule has 0 saturated carbocycles. The third-order valence-electron chi connectivity index (χ3n) is 3.59. The van der Waals surface area contributed by atoms with Gasteiger partial charge in [0.2, 0.25) is 0 Å². The minimum atomic E-state index is 0.258. The lowest BCUT2D eigenvalue weighted by atomic mass is 9.80. The van der Waals surface area contributed by atoms with Gasteiger partial charge in [0.15, 0.2) is 0 Å². The van der Waals surface area contributed by atoms with Crippen molar-refractivity contribution in [2.75, 3.05) is 11.9 Å². The van der Waals surface area contributed by atoms with E-state index < -0.39 is 0 Å². The molecule has 1 heterocycles. The molecule has 3 N–H and O–H groups in total. The Morgan fingerprint density at radius 1 is 1.50 bits per heavy atom. The van der Waals surface area contributed by atoms with Gasteiger partial charge >= 0.3 is 0 Å². The zero-order chi connectivity index (χ0) is 11.3. The maximum Gasteiger partial charge on any atom is 0.0750 e. The molecule has 1 aliphatic carbocycles. The second kappa shape index (κ2) is 3.72. The number of thiol groups is 1. The van der Waals surface area contributed by atoms with Gasteiger partial charge in [0.1, 0.15) is 0 Å². The molecule has 0 spiro atoms. The highest BCUT2D eigenvalue weighted by Crippen LogP contribution is 2.42. The quantitative estimate of drug-likeness (QED) is 0.528. The van der Waals surface area contributed by atoms with Crippen molar-refractivity contribution in [2.45, 2.75) is 24.8 Å². The van der Waals surface area contributed by atoms with Crippen molar-refractivity contribution in [3.63, 3.8) is 0 Å². The summed E-state index contributed by atoms with van der Waals surface area (Å²) in [6.07, 6.45) is 2.01. The fourth-order valence-corrected chi connectivity index (χ4v) is 3.35. The number of anilines is 1. The van der Waals surface area contributed by atoms with Gasteiger partial charge in [0, 0.05) is 29.8 Å². The number of hydrogen-bond acceptors (Lipinski definition) is 3. The molecule has 1 aromatic rings. The first kappa shape index (κ1) is 10.6. The van der Waals surface area contributed by atoms with Crippen LogP contribution in [0, 0.1) is 0 Å². The van der Waals surface area contributed by atoms with Crippen LogP contribution in [0.1, 0.15) is 29.0 Å². The molecular weight excluding hydrogens is 236 g/mol. The summed E-state index contributed by atoms with van der Waals surface area (Å²) in [5.74, 6) is 0.566. The number of rotatable bonds is 1. The third kappa shape index (κ3) is 1.48. The highest BCUT2D eigenvalue weighted by atomic mass is 32.1. The first-order valence-electron chi connectivity index (χ1n) is 5.55. The Kier molecular flexibility index (Phi) is 2.46. The first-order chi connectivity index (χ1) is 7.66. The van der Waals surface area contributed by atoms with Crippen molar-refractivity contribution in [1.82, 2.24) is 0 Å². The van der Waals surface area contributed by atoms with Crippen LogP contribution in [0.3, 0.4) is 0 Å². The van der Waals surface area contributed by atoms with Crippen LogP contribution < -0.4 is 11.1 Å². The van der Waals surface area contributed by atoms with Crippen LogP contribution in [0.15, 0.2) is 12.1 Å². The summed E-state index contributed by atoms with van der Waals surface area (Å²) in [6.45, 7) is 1.01. The van der Waals surface area contributed by atoms with Gasteiger partial charge in [0.05, 0.1) is 4.20 Å². The number of benzene rings is 1. The number of nitrogens with two attached hydrogens (primary N) is 1. The third-order valence-corrected chi connectivity index (χ3v) is 4.05. The Labute approximate surface area is 106 Å². The Morgan fingerprint density at radius 3 is 3.06 bits per heavy atom. The summed E-state index contributed by atoms with van der Waals surface area (Å²) in [7, 11) is 0.